The Kier molecular flexibility index (Phi) is 5.83. The zero-order valence-electron chi connectivity index (χ0n) is 11.4. The molecule has 0 aliphatic heterocycles. The quantitative estimate of drug-likeness (QED) is 0.592. The lowest BCUT2D eigenvalue weighted by molar-refractivity contribution is 0.317. The van der Waals surface area contributed by atoms with Gasteiger partial charge in [-0.15, -0.1) is 0 Å². The van der Waals surface area contributed by atoms with Crippen LogP contribution >= 0.6 is 43.5 Å². The number of hydrogen-bond acceptors (Lipinski definition) is 3. The minimum Gasteiger partial charge on any atom is -0.504 e. The molecule has 2 rings (SSSR count). The van der Waals surface area contributed by atoms with Crippen molar-refractivity contribution in [3.8, 4) is 11.5 Å². The van der Waals surface area contributed by atoms with Gasteiger partial charge in [0.1, 0.15) is 5.82 Å². The van der Waals surface area contributed by atoms with Gasteiger partial charge in [0.05, 0.1) is 22.9 Å². The highest BCUT2D eigenvalue weighted by molar-refractivity contribution is 9.13. The van der Waals surface area contributed by atoms with Crippen LogP contribution in [-0.4, -0.2) is 17.9 Å². The van der Waals surface area contributed by atoms with Crippen LogP contribution in [0.15, 0.2) is 38.2 Å². The number of benzene rings is 2. The molecule has 1 N–H and O–H groups in total. The number of hydrogen-bond donors (Lipinski definition) is 1. The molecular formula is C15H11Br2ClFNO2. The van der Waals surface area contributed by atoms with E-state index in [9.17, 15) is 9.50 Å². The second-order valence-electron chi connectivity index (χ2n) is 4.22. The third-order valence-electron chi connectivity index (χ3n) is 2.74. The summed E-state index contributed by atoms with van der Waals surface area (Å²) in [5.74, 6) is -0.198. The van der Waals surface area contributed by atoms with Crippen molar-refractivity contribution in [2.24, 2.45) is 4.99 Å². The maximum atomic E-state index is 13.1. The molecule has 3 nitrogen and oxygen atoms in total. The fourth-order valence-electron chi connectivity index (χ4n) is 1.70. The number of aromatic hydroxyl groups is 1. The predicted molar refractivity (Wildman–Crippen MR) is 93.3 cm³/mol. The van der Waals surface area contributed by atoms with Crippen molar-refractivity contribution < 1.29 is 14.2 Å². The van der Waals surface area contributed by atoms with E-state index in [1.54, 1.807) is 6.07 Å². The van der Waals surface area contributed by atoms with Gasteiger partial charge in [0, 0.05) is 15.2 Å². The predicted octanol–water partition coefficient (Wildman–Crippen LogP) is 5.86. The summed E-state index contributed by atoms with van der Waals surface area (Å²) in [6, 6.07) is 5.79. The van der Waals surface area contributed by atoms with Gasteiger partial charge in [0.25, 0.3) is 0 Å². The summed E-state index contributed by atoms with van der Waals surface area (Å²) in [7, 11) is 0. The van der Waals surface area contributed by atoms with E-state index in [4.69, 9.17) is 16.3 Å². The molecule has 0 unspecified atom stereocenters. The Balaban J connectivity index is 2.43. The summed E-state index contributed by atoms with van der Waals surface area (Å²) in [5, 5.41) is 10.2. The SMILES string of the molecule is CCOc1cc(Br)c(Br)c(C=Nc2ccc(F)c(Cl)c2)c1O. The molecule has 0 saturated heterocycles. The van der Waals surface area contributed by atoms with Crippen LogP contribution in [0.5, 0.6) is 11.5 Å². The molecule has 0 aromatic heterocycles. The average Bonchev–Trinajstić information content (AvgIpc) is 2.48. The standard InChI is InChI=1S/C15H11Br2ClFNO2/c1-2-22-13-6-10(16)14(17)9(15(13)21)7-20-8-3-4-12(19)11(18)5-8/h3-7,21H,2H2,1H3. The molecule has 2 aromatic carbocycles. The van der Waals surface area contributed by atoms with Gasteiger partial charge in [0.15, 0.2) is 11.5 Å². The van der Waals surface area contributed by atoms with Gasteiger partial charge in [-0.3, -0.25) is 4.99 Å². The number of nitrogens with zero attached hydrogens (tertiary/aromatic N) is 1. The number of phenols is 1. The molecule has 116 valence electrons. The highest BCUT2D eigenvalue weighted by atomic mass is 79.9. The van der Waals surface area contributed by atoms with Crippen molar-refractivity contribution in [1.82, 2.24) is 0 Å². The third-order valence-corrected chi connectivity index (χ3v) is 5.04. The number of ether oxygens (including phenoxy) is 1. The van der Waals surface area contributed by atoms with Crippen LogP contribution in [0.2, 0.25) is 5.02 Å². The van der Waals surface area contributed by atoms with Gasteiger partial charge < -0.3 is 9.84 Å². The van der Waals surface area contributed by atoms with Gasteiger partial charge in [0.2, 0.25) is 0 Å². The van der Waals surface area contributed by atoms with Gasteiger partial charge >= 0.3 is 0 Å². The van der Waals surface area contributed by atoms with E-state index >= 15 is 0 Å². The fourth-order valence-corrected chi connectivity index (χ4v) is 2.70. The van der Waals surface area contributed by atoms with E-state index in [2.05, 4.69) is 36.9 Å². The van der Waals surface area contributed by atoms with Crippen molar-refractivity contribution in [2.75, 3.05) is 6.61 Å². The van der Waals surface area contributed by atoms with Crippen molar-refractivity contribution in [3.05, 3.63) is 49.6 Å². The third kappa shape index (κ3) is 3.80. The Labute approximate surface area is 149 Å². The molecule has 0 atom stereocenters. The zero-order valence-corrected chi connectivity index (χ0v) is 15.3. The minimum atomic E-state index is -0.509. The lowest BCUT2D eigenvalue weighted by Crippen LogP contribution is -1.95. The van der Waals surface area contributed by atoms with Crippen LogP contribution in [0, 0.1) is 5.82 Å². The van der Waals surface area contributed by atoms with Crippen molar-refractivity contribution in [2.45, 2.75) is 6.92 Å². The maximum absolute atomic E-state index is 13.1. The van der Waals surface area contributed by atoms with Crippen molar-refractivity contribution in [1.29, 1.82) is 0 Å². The van der Waals surface area contributed by atoms with Crippen LogP contribution in [-0.2, 0) is 0 Å². The molecule has 0 heterocycles. The van der Waals surface area contributed by atoms with Crippen molar-refractivity contribution in [3.63, 3.8) is 0 Å². The van der Waals surface area contributed by atoms with Crippen molar-refractivity contribution >= 4 is 55.4 Å². The fraction of sp³-hybridized carbons (Fsp3) is 0.133. The van der Waals surface area contributed by atoms with E-state index in [-0.39, 0.29) is 10.8 Å². The lowest BCUT2D eigenvalue weighted by Gasteiger charge is -2.11. The molecule has 0 saturated carbocycles. The minimum absolute atomic E-state index is 0.0119. The van der Waals surface area contributed by atoms with Crippen LogP contribution in [0.4, 0.5) is 10.1 Å². The van der Waals surface area contributed by atoms with Crippen LogP contribution in [0.1, 0.15) is 12.5 Å². The monoisotopic (exact) mass is 449 g/mol. The first-order chi connectivity index (χ1) is 10.4. The van der Waals surface area contributed by atoms with E-state index in [0.29, 0.717) is 32.6 Å². The second-order valence-corrected chi connectivity index (χ2v) is 6.28. The van der Waals surface area contributed by atoms with E-state index in [0.717, 1.165) is 0 Å². The molecule has 7 heteroatoms. The largest absolute Gasteiger partial charge is 0.504 e. The summed E-state index contributed by atoms with van der Waals surface area (Å²) in [5.41, 5.74) is 0.911. The van der Waals surface area contributed by atoms with E-state index in [1.165, 1.54) is 24.4 Å². The lowest BCUT2D eigenvalue weighted by atomic mass is 10.2. The second kappa shape index (κ2) is 7.44. The number of halogens is 4. The molecule has 0 fully saturated rings. The summed E-state index contributed by atoms with van der Waals surface area (Å²) >= 11 is 12.5. The van der Waals surface area contributed by atoms with Gasteiger partial charge in [-0.05, 0) is 63.0 Å². The molecule has 0 aliphatic carbocycles. The topological polar surface area (TPSA) is 41.8 Å². The molecule has 2 aromatic rings. The summed E-state index contributed by atoms with van der Waals surface area (Å²) in [4.78, 5) is 4.20. The first kappa shape index (κ1) is 17.2. The molecule has 0 aliphatic rings. The number of aliphatic imine (C=N–C) groups is 1. The normalized spacial score (nSPS) is 11.1. The maximum Gasteiger partial charge on any atom is 0.167 e. The van der Waals surface area contributed by atoms with Crippen LogP contribution < -0.4 is 4.74 Å². The Hall–Kier alpha value is -1.11. The highest BCUT2D eigenvalue weighted by Crippen LogP contribution is 2.40. The summed E-state index contributed by atoms with van der Waals surface area (Å²) in [6.45, 7) is 2.25. The average molecular weight is 452 g/mol. The van der Waals surface area contributed by atoms with Gasteiger partial charge in [-0.2, -0.15) is 0 Å². The van der Waals surface area contributed by atoms with Gasteiger partial charge in [-0.1, -0.05) is 11.6 Å². The number of rotatable bonds is 4. The zero-order chi connectivity index (χ0) is 16.3. The Morgan fingerprint density at radius 2 is 2.09 bits per heavy atom. The highest BCUT2D eigenvalue weighted by Gasteiger charge is 2.14. The first-order valence-electron chi connectivity index (χ1n) is 6.27. The molecule has 0 bridgehead atoms. The molecule has 0 spiro atoms. The molecule has 22 heavy (non-hydrogen) atoms. The van der Waals surface area contributed by atoms with E-state index < -0.39 is 5.82 Å². The molecular weight excluding hydrogens is 440 g/mol. The Morgan fingerprint density at radius 3 is 2.73 bits per heavy atom. The molecule has 0 radical (unpaired) electrons. The first-order valence-corrected chi connectivity index (χ1v) is 8.23. The van der Waals surface area contributed by atoms with Crippen LogP contribution in [0.3, 0.4) is 0 Å². The Morgan fingerprint density at radius 1 is 1.36 bits per heavy atom. The summed E-state index contributed by atoms with van der Waals surface area (Å²) in [6.07, 6.45) is 1.45. The molecule has 0 amide bonds. The van der Waals surface area contributed by atoms with Crippen LogP contribution in [0.25, 0.3) is 0 Å². The number of phenolic OH excluding ortho intramolecular Hbond substituents is 1. The summed E-state index contributed by atoms with van der Waals surface area (Å²) < 4.78 is 19.8. The Bertz CT molecular complexity index is 738. The van der Waals surface area contributed by atoms with E-state index in [1.807, 2.05) is 6.92 Å². The van der Waals surface area contributed by atoms with Gasteiger partial charge in [-0.25, -0.2) is 4.39 Å². The smallest absolute Gasteiger partial charge is 0.167 e.